The highest BCUT2D eigenvalue weighted by molar-refractivity contribution is 7.92. The number of carbonyl (C=O) groups excluding carboxylic acids is 2. The van der Waals surface area contributed by atoms with Crippen LogP contribution in [0.15, 0.2) is 71.6 Å². The number of sulfonamides is 1. The molecule has 238 valence electrons. The first-order chi connectivity index (χ1) is 21.0. The molecule has 3 rings (SSSR count). The zero-order valence-electron chi connectivity index (χ0n) is 26.3. The van der Waals surface area contributed by atoms with Gasteiger partial charge in [0.1, 0.15) is 18.3 Å². The van der Waals surface area contributed by atoms with Gasteiger partial charge < -0.3 is 24.4 Å². The fraction of sp³-hybridized carbons (Fsp3) is 0.394. The maximum absolute atomic E-state index is 14.2. The summed E-state index contributed by atoms with van der Waals surface area (Å²) in [5.74, 6) is 0.299. The number of carbonyl (C=O) groups is 2. The molecule has 10 nitrogen and oxygen atoms in total. The zero-order chi connectivity index (χ0) is 32.3. The number of hydrogen-bond donors (Lipinski definition) is 1. The van der Waals surface area contributed by atoms with Gasteiger partial charge >= 0.3 is 0 Å². The van der Waals surface area contributed by atoms with Crippen LogP contribution in [0.3, 0.4) is 0 Å². The van der Waals surface area contributed by atoms with E-state index in [4.69, 9.17) is 14.2 Å². The third kappa shape index (κ3) is 8.66. The molecule has 3 aromatic carbocycles. The highest BCUT2D eigenvalue weighted by Crippen LogP contribution is 2.33. The molecule has 0 radical (unpaired) electrons. The number of amides is 2. The number of aryl methyl sites for hydroxylation is 1. The lowest BCUT2D eigenvalue weighted by molar-refractivity contribution is -0.139. The molecule has 11 heteroatoms. The molecule has 0 saturated heterocycles. The van der Waals surface area contributed by atoms with Gasteiger partial charge in [-0.15, -0.1) is 0 Å². The summed E-state index contributed by atoms with van der Waals surface area (Å²) in [5, 5.41) is 2.89. The monoisotopic (exact) mass is 625 g/mol. The third-order valence-corrected chi connectivity index (χ3v) is 8.90. The van der Waals surface area contributed by atoms with E-state index in [-0.39, 0.29) is 28.8 Å². The van der Waals surface area contributed by atoms with Gasteiger partial charge in [0.15, 0.2) is 11.5 Å². The molecule has 0 bridgehead atoms. The number of rotatable bonds is 16. The van der Waals surface area contributed by atoms with Gasteiger partial charge in [-0.2, -0.15) is 0 Å². The summed E-state index contributed by atoms with van der Waals surface area (Å²) < 4.78 is 45.6. The largest absolute Gasteiger partial charge is 0.494 e. The molecular weight excluding hydrogens is 582 g/mol. The second-order valence-electron chi connectivity index (χ2n) is 10.3. The van der Waals surface area contributed by atoms with Crippen LogP contribution in [0.25, 0.3) is 0 Å². The van der Waals surface area contributed by atoms with Crippen LogP contribution in [0.1, 0.15) is 44.7 Å². The Kier molecular flexibility index (Phi) is 12.5. The first-order valence-corrected chi connectivity index (χ1v) is 16.1. The number of nitrogens with zero attached hydrogens (tertiary/aromatic N) is 2. The Morgan fingerprint density at radius 2 is 1.57 bits per heavy atom. The Labute approximate surface area is 261 Å². The predicted molar refractivity (Wildman–Crippen MR) is 171 cm³/mol. The summed E-state index contributed by atoms with van der Waals surface area (Å²) in [6.45, 7) is 7.98. The third-order valence-electron chi connectivity index (χ3n) is 7.13. The average Bonchev–Trinajstić information content (AvgIpc) is 3.03. The normalized spacial score (nSPS) is 11.8. The van der Waals surface area contributed by atoms with Crippen LogP contribution in [0.4, 0.5) is 5.69 Å². The van der Waals surface area contributed by atoms with Crippen molar-refractivity contribution < 1.29 is 32.2 Å². The SMILES string of the molecule is CCCCNC(=O)C(C)N(Cc1ccc(C)cc1)C(=O)CN(c1ccc(OCC)cc1)S(=O)(=O)c1ccc(OC)c(OC)c1. The van der Waals surface area contributed by atoms with Crippen molar-refractivity contribution in [3.63, 3.8) is 0 Å². The van der Waals surface area contributed by atoms with Crippen molar-refractivity contribution in [2.24, 2.45) is 0 Å². The van der Waals surface area contributed by atoms with Gasteiger partial charge in [-0.3, -0.25) is 13.9 Å². The standard InChI is InChI=1S/C33H43N3O7S/c1-7-9-20-34-33(38)25(4)35(22-26-12-10-24(3)11-13-26)32(37)23-36(27-14-16-28(17-15-27)43-8-2)44(39,40)29-18-19-30(41-5)31(21-29)42-6/h10-19,21,25H,7-9,20,22-23H2,1-6H3,(H,34,38). The number of anilines is 1. The van der Waals surface area contributed by atoms with Crippen LogP contribution in [0.2, 0.25) is 0 Å². The van der Waals surface area contributed by atoms with Crippen molar-refractivity contribution in [3.8, 4) is 17.2 Å². The minimum atomic E-state index is -4.30. The fourth-order valence-electron chi connectivity index (χ4n) is 4.52. The van der Waals surface area contributed by atoms with E-state index < -0.39 is 28.5 Å². The highest BCUT2D eigenvalue weighted by Gasteiger charge is 2.33. The average molecular weight is 626 g/mol. The predicted octanol–water partition coefficient (Wildman–Crippen LogP) is 4.94. The quantitative estimate of drug-likeness (QED) is 0.224. The number of unbranched alkanes of at least 4 members (excludes halogenated alkanes) is 1. The number of methoxy groups -OCH3 is 2. The van der Waals surface area contributed by atoms with E-state index in [0.717, 1.165) is 28.3 Å². The Balaban J connectivity index is 2.05. The molecule has 1 unspecified atom stereocenters. The molecule has 0 heterocycles. The molecule has 0 aliphatic rings. The summed E-state index contributed by atoms with van der Waals surface area (Å²) in [7, 11) is -1.43. The molecule has 2 amide bonds. The summed E-state index contributed by atoms with van der Waals surface area (Å²) in [5.41, 5.74) is 2.12. The molecule has 1 atom stereocenters. The maximum Gasteiger partial charge on any atom is 0.264 e. The summed E-state index contributed by atoms with van der Waals surface area (Å²) >= 11 is 0. The van der Waals surface area contributed by atoms with E-state index in [2.05, 4.69) is 5.32 Å². The molecule has 0 fully saturated rings. The second kappa shape index (κ2) is 16.0. The minimum absolute atomic E-state index is 0.0905. The van der Waals surface area contributed by atoms with E-state index >= 15 is 0 Å². The van der Waals surface area contributed by atoms with Crippen molar-refractivity contribution in [2.75, 3.05) is 38.2 Å². The Hall–Kier alpha value is -4.25. The molecule has 1 N–H and O–H groups in total. The lowest BCUT2D eigenvalue weighted by atomic mass is 10.1. The van der Waals surface area contributed by atoms with Crippen molar-refractivity contribution in [1.82, 2.24) is 10.2 Å². The lowest BCUT2D eigenvalue weighted by Crippen LogP contribution is -2.51. The minimum Gasteiger partial charge on any atom is -0.494 e. The van der Waals surface area contributed by atoms with Crippen LogP contribution < -0.4 is 23.8 Å². The zero-order valence-corrected chi connectivity index (χ0v) is 27.1. The Bertz CT molecular complexity index is 1490. The van der Waals surface area contributed by atoms with E-state index in [9.17, 15) is 18.0 Å². The van der Waals surface area contributed by atoms with Gasteiger partial charge in [0.25, 0.3) is 10.0 Å². The Morgan fingerprint density at radius 3 is 2.16 bits per heavy atom. The molecule has 3 aromatic rings. The molecule has 0 aliphatic heterocycles. The number of ether oxygens (including phenoxy) is 3. The number of hydrogen-bond acceptors (Lipinski definition) is 7. The molecule has 0 spiro atoms. The van der Waals surface area contributed by atoms with Gasteiger partial charge in [0.2, 0.25) is 11.8 Å². The highest BCUT2D eigenvalue weighted by atomic mass is 32.2. The molecule has 0 aliphatic carbocycles. The second-order valence-corrected chi connectivity index (χ2v) is 12.1. The van der Waals surface area contributed by atoms with Crippen LogP contribution in [0, 0.1) is 6.92 Å². The molecule has 0 aromatic heterocycles. The van der Waals surface area contributed by atoms with Crippen molar-refractivity contribution in [2.45, 2.75) is 58.0 Å². The van der Waals surface area contributed by atoms with Crippen LogP contribution >= 0.6 is 0 Å². The first kappa shape index (κ1) is 34.2. The van der Waals surface area contributed by atoms with Gasteiger partial charge in [-0.05, 0) is 69.2 Å². The van der Waals surface area contributed by atoms with E-state index in [1.165, 1.54) is 37.3 Å². The van der Waals surface area contributed by atoms with Crippen LogP contribution in [0.5, 0.6) is 17.2 Å². The first-order valence-electron chi connectivity index (χ1n) is 14.7. The van der Waals surface area contributed by atoms with E-state index in [1.54, 1.807) is 31.2 Å². The topological polar surface area (TPSA) is 114 Å². The van der Waals surface area contributed by atoms with Gasteiger partial charge in [0.05, 0.1) is 31.4 Å². The van der Waals surface area contributed by atoms with Crippen LogP contribution in [-0.4, -0.2) is 65.1 Å². The Morgan fingerprint density at radius 1 is 0.909 bits per heavy atom. The summed E-state index contributed by atoms with van der Waals surface area (Å²) in [6, 6.07) is 17.5. The summed E-state index contributed by atoms with van der Waals surface area (Å²) in [6.07, 6.45) is 1.71. The fourth-order valence-corrected chi connectivity index (χ4v) is 5.95. The van der Waals surface area contributed by atoms with Gasteiger partial charge in [0, 0.05) is 19.2 Å². The smallest absolute Gasteiger partial charge is 0.264 e. The van der Waals surface area contributed by atoms with Crippen LogP contribution in [-0.2, 0) is 26.2 Å². The summed E-state index contributed by atoms with van der Waals surface area (Å²) in [4.78, 5) is 28.6. The van der Waals surface area contributed by atoms with E-state index in [0.29, 0.717) is 24.7 Å². The van der Waals surface area contributed by atoms with Crippen molar-refractivity contribution in [3.05, 3.63) is 77.9 Å². The van der Waals surface area contributed by atoms with E-state index in [1.807, 2.05) is 45.0 Å². The van der Waals surface area contributed by atoms with Gasteiger partial charge in [-0.1, -0.05) is 43.2 Å². The lowest BCUT2D eigenvalue weighted by Gasteiger charge is -2.32. The number of benzene rings is 3. The maximum atomic E-state index is 14.2. The number of nitrogens with one attached hydrogen (secondary N) is 1. The molecule has 0 saturated carbocycles. The van der Waals surface area contributed by atoms with Crippen molar-refractivity contribution in [1.29, 1.82) is 0 Å². The molecular formula is C33H43N3O7S. The van der Waals surface area contributed by atoms with Crippen molar-refractivity contribution >= 4 is 27.5 Å². The molecule has 44 heavy (non-hydrogen) atoms. The van der Waals surface area contributed by atoms with Gasteiger partial charge in [-0.25, -0.2) is 8.42 Å².